The number of phenolic OH excluding ortho intramolecular Hbond substituents is 1. The Balaban J connectivity index is 2.28. The SMILES string of the molecule is CCC(C)C(=O)N[C@@H](CCC(N)=O)C(=O)N[C@@H]1C(=O)N[C@@H](CC(C)C)C(=O)NC(CC(C)C)C[C@H](O)N(C=O)[C@@H](C(C)CC)C(=O)N(C)C(Cc2ccc(O)cc2)C(=O)N[C@@H]2C(=O)O[C@@H]1CC2CC. The van der Waals surface area contributed by atoms with Crippen LogP contribution in [0, 0.1) is 29.6 Å². The average molecular weight is 971 g/mol. The lowest BCUT2D eigenvalue weighted by Crippen LogP contribution is -2.65. The Morgan fingerprint density at radius 1 is 0.870 bits per heavy atom. The molecule has 69 heavy (non-hydrogen) atoms. The van der Waals surface area contributed by atoms with Crippen LogP contribution in [0.2, 0.25) is 0 Å². The first kappa shape index (κ1) is 57.5. The van der Waals surface area contributed by atoms with Crippen molar-refractivity contribution in [2.24, 2.45) is 35.3 Å². The summed E-state index contributed by atoms with van der Waals surface area (Å²) in [5.41, 5.74) is 5.97. The number of hydrogen-bond acceptors (Lipinski definition) is 12. The summed E-state index contributed by atoms with van der Waals surface area (Å²) in [5.74, 6) is -8.12. The molecule has 3 aliphatic rings. The Morgan fingerprint density at radius 3 is 2.06 bits per heavy atom. The molecule has 20 nitrogen and oxygen atoms in total. The number of phenols is 1. The molecule has 0 radical (unpaired) electrons. The summed E-state index contributed by atoms with van der Waals surface area (Å²) in [6, 6.07) is -3.01. The van der Waals surface area contributed by atoms with Gasteiger partial charge in [-0.15, -0.1) is 0 Å². The normalized spacial score (nSPS) is 26.8. The van der Waals surface area contributed by atoms with Gasteiger partial charge in [0.2, 0.25) is 47.8 Å². The molecule has 3 saturated heterocycles. The molecule has 0 saturated carbocycles. The van der Waals surface area contributed by atoms with Crippen molar-refractivity contribution in [3.63, 3.8) is 0 Å². The van der Waals surface area contributed by atoms with E-state index in [9.17, 15) is 53.4 Å². The molecule has 20 heteroatoms. The number of primary amides is 1. The fourth-order valence-electron chi connectivity index (χ4n) is 8.82. The second kappa shape index (κ2) is 26.8. The standard InChI is InChI=1S/C49H78N8O12/c1-11-28(8)42-48(67)56(10)36(22-30-14-16-33(59)17-15-30)46(65)54-40-31(13-3)23-37(69-49(40)68)41(55-44(63)34(18-19-38(50)60)52-43(62)29(9)12-2)47(66)53-35(21-27(6)7)45(64)51-32(20-26(4)5)24-39(61)57(42)25-58/h14-17,25-29,31-32,34-37,39-42,59,61H,11-13,18-24H2,1-10H3,(H2,50,60)(H,51,64)(H,52,62)(H,53,66)(H,54,65)(H,55,63)/t28?,29?,31?,32?,34-,35-,36?,37+,39-,40-,41-,42-/m0/s1. The second-order valence-corrected chi connectivity index (χ2v) is 19.7. The molecule has 1 aromatic carbocycles. The predicted octanol–water partition coefficient (Wildman–Crippen LogP) is 1.53. The Kier molecular flexibility index (Phi) is 22.4. The number of likely N-dealkylation sites (N-methyl/N-ethyl adjacent to an activating group) is 1. The maximum atomic E-state index is 14.8. The van der Waals surface area contributed by atoms with Crippen LogP contribution in [-0.2, 0) is 54.3 Å². The van der Waals surface area contributed by atoms with Gasteiger partial charge in [0.05, 0.1) is 0 Å². The van der Waals surface area contributed by atoms with Crippen molar-refractivity contribution in [2.45, 2.75) is 181 Å². The van der Waals surface area contributed by atoms with E-state index in [0.717, 1.165) is 4.90 Å². The van der Waals surface area contributed by atoms with E-state index in [2.05, 4.69) is 26.6 Å². The summed E-state index contributed by atoms with van der Waals surface area (Å²) in [5, 5.41) is 35.7. The zero-order chi connectivity index (χ0) is 51.9. The molecule has 386 valence electrons. The number of carbonyl (C=O) groups excluding carboxylic acids is 9. The Bertz CT molecular complexity index is 1950. The van der Waals surface area contributed by atoms with Crippen LogP contribution in [0.3, 0.4) is 0 Å². The van der Waals surface area contributed by atoms with Crippen LogP contribution >= 0.6 is 0 Å². The molecule has 3 fully saturated rings. The van der Waals surface area contributed by atoms with Gasteiger partial charge in [0.1, 0.15) is 54.3 Å². The Labute approximate surface area is 406 Å². The molecule has 2 bridgehead atoms. The lowest BCUT2D eigenvalue weighted by Gasteiger charge is -2.41. The van der Waals surface area contributed by atoms with Crippen molar-refractivity contribution in [3.8, 4) is 5.75 Å². The number of benzene rings is 1. The highest BCUT2D eigenvalue weighted by Crippen LogP contribution is 2.29. The number of amides is 8. The minimum Gasteiger partial charge on any atom is -0.508 e. The van der Waals surface area contributed by atoms with Crippen LogP contribution < -0.4 is 32.3 Å². The third kappa shape index (κ3) is 16.4. The van der Waals surface area contributed by atoms with Gasteiger partial charge in [-0.1, -0.05) is 87.3 Å². The monoisotopic (exact) mass is 971 g/mol. The topological polar surface area (TPSA) is 296 Å². The Hall–Kier alpha value is -5.79. The van der Waals surface area contributed by atoms with E-state index in [0.29, 0.717) is 31.2 Å². The van der Waals surface area contributed by atoms with Crippen LogP contribution in [-0.4, -0.2) is 135 Å². The number of nitrogens with zero attached hydrogens (tertiary/aromatic N) is 2. The van der Waals surface area contributed by atoms with Gasteiger partial charge in [-0.3, -0.25) is 38.4 Å². The van der Waals surface area contributed by atoms with Gasteiger partial charge in [0, 0.05) is 38.3 Å². The van der Waals surface area contributed by atoms with Crippen molar-refractivity contribution >= 4 is 53.7 Å². The number of aromatic hydroxyl groups is 1. The summed E-state index contributed by atoms with van der Waals surface area (Å²) in [4.78, 5) is 127. The number of aliphatic hydroxyl groups excluding tert-OH is 1. The van der Waals surface area contributed by atoms with Crippen molar-refractivity contribution in [3.05, 3.63) is 29.8 Å². The van der Waals surface area contributed by atoms with Gasteiger partial charge in [-0.25, -0.2) is 4.79 Å². The lowest BCUT2D eigenvalue weighted by molar-refractivity contribution is -0.167. The number of aliphatic hydroxyl groups is 1. The van der Waals surface area contributed by atoms with E-state index in [1.807, 2.05) is 34.6 Å². The third-order valence-corrected chi connectivity index (χ3v) is 13.3. The number of ether oxygens (including phenoxy) is 1. The van der Waals surface area contributed by atoms with E-state index in [-0.39, 0.29) is 62.5 Å². The molecule has 3 heterocycles. The van der Waals surface area contributed by atoms with E-state index in [1.54, 1.807) is 39.8 Å². The molecular formula is C49H78N8O12. The summed E-state index contributed by atoms with van der Waals surface area (Å²) < 4.78 is 5.96. The highest BCUT2D eigenvalue weighted by Gasteiger charge is 2.47. The summed E-state index contributed by atoms with van der Waals surface area (Å²) >= 11 is 0. The molecule has 4 rings (SSSR count). The number of hydrogen-bond donors (Lipinski definition) is 8. The van der Waals surface area contributed by atoms with Gasteiger partial charge >= 0.3 is 5.97 Å². The van der Waals surface area contributed by atoms with Gasteiger partial charge in [0.15, 0.2) is 0 Å². The quantitative estimate of drug-likeness (QED) is 0.0591. The van der Waals surface area contributed by atoms with Crippen LogP contribution in [0.25, 0.3) is 0 Å². The Morgan fingerprint density at radius 2 is 1.51 bits per heavy atom. The highest BCUT2D eigenvalue weighted by atomic mass is 16.5. The molecule has 1 aromatic rings. The first-order valence-electron chi connectivity index (χ1n) is 24.4. The summed E-state index contributed by atoms with van der Waals surface area (Å²) in [6.45, 7) is 16.2. The van der Waals surface area contributed by atoms with E-state index in [1.165, 1.54) is 24.1 Å². The molecule has 9 N–H and O–H groups in total. The van der Waals surface area contributed by atoms with Crippen molar-refractivity contribution in [1.29, 1.82) is 0 Å². The van der Waals surface area contributed by atoms with E-state index in [4.69, 9.17) is 10.5 Å². The van der Waals surface area contributed by atoms with Crippen LogP contribution in [0.15, 0.2) is 24.3 Å². The highest BCUT2D eigenvalue weighted by molar-refractivity contribution is 5.96. The number of esters is 1. The fourth-order valence-corrected chi connectivity index (χ4v) is 8.82. The largest absolute Gasteiger partial charge is 0.508 e. The van der Waals surface area contributed by atoms with Crippen molar-refractivity contribution in [1.82, 2.24) is 36.4 Å². The van der Waals surface area contributed by atoms with E-state index < -0.39 is 120 Å². The maximum absolute atomic E-state index is 14.8. The first-order valence-corrected chi connectivity index (χ1v) is 24.4. The number of nitrogens with two attached hydrogens (primary N) is 1. The summed E-state index contributed by atoms with van der Waals surface area (Å²) in [6.07, 6.45) is -2.09. The van der Waals surface area contributed by atoms with Crippen LogP contribution in [0.1, 0.15) is 126 Å². The summed E-state index contributed by atoms with van der Waals surface area (Å²) in [7, 11) is 1.39. The fraction of sp³-hybridized carbons (Fsp3) is 0.694. The average Bonchev–Trinajstić information content (AvgIpc) is 3.29. The minimum atomic E-state index is -1.67. The molecule has 0 aromatic heterocycles. The zero-order valence-electron chi connectivity index (χ0n) is 42.0. The molecule has 8 amide bonds. The number of rotatable bonds is 18. The predicted molar refractivity (Wildman–Crippen MR) is 255 cm³/mol. The van der Waals surface area contributed by atoms with Gasteiger partial charge in [-0.2, -0.15) is 0 Å². The molecule has 3 aliphatic heterocycles. The zero-order valence-corrected chi connectivity index (χ0v) is 42.0. The molecule has 5 unspecified atom stereocenters. The molecule has 12 atom stereocenters. The third-order valence-electron chi connectivity index (χ3n) is 13.3. The smallest absolute Gasteiger partial charge is 0.329 e. The minimum absolute atomic E-state index is 0.0378. The van der Waals surface area contributed by atoms with Gasteiger partial charge in [0.25, 0.3) is 0 Å². The van der Waals surface area contributed by atoms with Crippen molar-refractivity contribution < 1.29 is 58.1 Å². The number of nitrogens with one attached hydrogen (secondary N) is 5. The molecular weight excluding hydrogens is 893 g/mol. The molecule has 0 spiro atoms. The number of carbonyl (C=O) groups is 9. The van der Waals surface area contributed by atoms with Crippen molar-refractivity contribution in [2.75, 3.05) is 7.05 Å². The maximum Gasteiger partial charge on any atom is 0.329 e. The first-order chi connectivity index (χ1) is 32.5. The van der Waals surface area contributed by atoms with E-state index >= 15 is 0 Å². The van der Waals surface area contributed by atoms with Gasteiger partial charge in [-0.05, 0) is 73.5 Å². The number of fused-ring (bicyclic) bond motifs is 17. The van der Waals surface area contributed by atoms with Crippen LogP contribution in [0.5, 0.6) is 5.75 Å². The molecule has 0 aliphatic carbocycles. The second-order valence-electron chi connectivity index (χ2n) is 19.7. The lowest BCUT2D eigenvalue weighted by atomic mass is 9.85. The van der Waals surface area contributed by atoms with Gasteiger partial charge < -0.3 is 57.1 Å². The van der Waals surface area contributed by atoms with Crippen LogP contribution in [0.4, 0.5) is 0 Å².